The van der Waals surface area contributed by atoms with Crippen LogP contribution in [0.15, 0.2) is 24.3 Å². The number of rotatable bonds is 9. The second-order valence-electron chi connectivity index (χ2n) is 8.93. The molecule has 1 aromatic carbocycles. The predicted octanol–water partition coefficient (Wildman–Crippen LogP) is 2.31. The SMILES string of the molecule is CC(C)(C)c1ccc(CCCCCC[C@H](O)[C@@H]2N[C@@H](CO)[C@H](O)[C@H]2O)cc1.Cl. The molecule has 1 fully saturated rings. The quantitative estimate of drug-likeness (QED) is 0.399. The molecule has 5 atom stereocenters. The minimum Gasteiger partial charge on any atom is -0.395 e. The van der Waals surface area contributed by atoms with Gasteiger partial charge in [0.05, 0.1) is 37.0 Å². The van der Waals surface area contributed by atoms with Crippen molar-refractivity contribution in [2.24, 2.45) is 0 Å². The van der Waals surface area contributed by atoms with Crippen LogP contribution in [0.5, 0.6) is 0 Å². The van der Waals surface area contributed by atoms with Gasteiger partial charge < -0.3 is 25.7 Å². The second-order valence-corrected chi connectivity index (χ2v) is 8.93. The topological polar surface area (TPSA) is 93.0 Å². The van der Waals surface area contributed by atoms with Crippen molar-refractivity contribution >= 4 is 12.4 Å². The van der Waals surface area contributed by atoms with Crippen molar-refractivity contribution in [3.63, 3.8) is 0 Å². The Labute approximate surface area is 175 Å². The minimum atomic E-state index is -1.03. The number of aryl methyl sites for hydroxylation is 1. The van der Waals surface area contributed by atoms with Crippen LogP contribution in [0, 0.1) is 0 Å². The number of aliphatic hydroxyl groups is 4. The molecule has 0 spiro atoms. The lowest BCUT2D eigenvalue weighted by Crippen LogP contribution is -2.44. The number of halogens is 1. The summed E-state index contributed by atoms with van der Waals surface area (Å²) in [6.07, 6.45) is 3.03. The molecule has 1 aromatic rings. The maximum atomic E-state index is 10.3. The molecule has 6 heteroatoms. The Morgan fingerprint density at radius 1 is 0.964 bits per heavy atom. The zero-order valence-corrected chi connectivity index (χ0v) is 18.2. The van der Waals surface area contributed by atoms with Gasteiger partial charge in [-0.1, -0.05) is 64.3 Å². The Balaban J connectivity index is 0.00000392. The molecule has 0 unspecified atom stereocenters. The Kier molecular flexibility index (Phi) is 10.4. The van der Waals surface area contributed by atoms with E-state index in [-0.39, 0.29) is 24.4 Å². The maximum absolute atomic E-state index is 10.3. The summed E-state index contributed by atoms with van der Waals surface area (Å²) in [5.74, 6) is 0. The molecule has 0 bridgehead atoms. The van der Waals surface area contributed by atoms with Crippen LogP contribution in [0.1, 0.15) is 64.0 Å². The summed E-state index contributed by atoms with van der Waals surface area (Å²) in [6, 6.07) is 7.75. The van der Waals surface area contributed by atoms with Crippen LogP contribution < -0.4 is 5.32 Å². The van der Waals surface area contributed by atoms with E-state index in [1.807, 2.05) is 0 Å². The zero-order chi connectivity index (χ0) is 20.0. The van der Waals surface area contributed by atoms with Gasteiger partial charge in [-0.3, -0.25) is 0 Å². The van der Waals surface area contributed by atoms with E-state index in [2.05, 4.69) is 50.4 Å². The number of benzene rings is 1. The number of unbranched alkanes of at least 4 members (excludes halogenated alkanes) is 3. The molecule has 0 radical (unpaired) electrons. The van der Waals surface area contributed by atoms with Crippen molar-refractivity contribution in [3.8, 4) is 0 Å². The number of nitrogens with one attached hydrogen (secondary N) is 1. The molecule has 1 aliphatic heterocycles. The fraction of sp³-hybridized carbons (Fsp3) is 0.727. The molecule has 0 aromatic heterocycles. The molecular formula is C22H38ClNO4. The van der Waals surface area contributed by atoms with E-state index in [9.17, 15) is 15.3 Å². The van der Waals surface area contributed by atoms with Gasteiger partial charge in [-0.05, 0) is 35.8 Å². The molecule has 5 nitrogen and oxygen atoms in total. The fourth-order valence-electron chi connectivity index (χ4n) is 3.78. The fourth-order valence-corrected chi connectivity index (χ4v) is 3.78. The van der Waals surface area contributed by atoms with Crippen molar-refractivity contribution < 1.29 is 20.4 Å². The summed E-state index contributed by atoms with van der Waals surface area (Å²) in [5, 5.41) is 42.1. The normalized spacial score (nSPS) is 26.1. The minimum absolute atomic E-state index is 0. The number of aliphatic hydroxyl groups excluding tert-OH is 4. The van der Waals surface area contributed by atoms with E-state index in [0.717, 1.165) is 32.1 Å². The van der Waals surface area contributed by atoms with Crippen LogP contribution in [0.3, 0.4) is 0 Å². The average Bonchev–Trinajstić information content (AvgIpc) is 2.92. The van der Waals surface area contributed by atoms with E-state index < -0.39 is 30.4 Å². The summed E-state index contributed by atoms with van der Waals surface area (Å²) in [6.45, 7) is 6.42. The van der Waals surface area contributed by atoms with Gasteiger partial charge in [0, 0.05) is 0 Å². The molecule has 1 heterocycles. The van der Waals surface area contributed by atoms with Gasteiger partial charge in [0.2, 0.25) is 0 Å². The standard InChI is InChI=1S/C22H37NO4.ClH/c1-22(2,3)16-12-10-15(11-13-16)8-6-4-5-7-9-18(25)19-21(27)20(26)17(14-24)23-19;/h10-13,17-21,23-27H,4-9,14H2,1-3H3;1H/t17-,18-,19-,20-,21-;/m0./s1. The molecule has 0 amide bonds. The smallest absolute Gasteiger partial charge is 0.0993 e. The molecule has 2 rings (SSSR count). The van der Waals surface area contributed by atoms with E-state index in [1.54, 1.807) is 0 Å². The summed E-state index contributed by atoms with van der Waals surface area (Å²) in [4.78, 5) is 0. The first kappa shape index (κ1) is 25.3. The Hall–Kier alpha value is -0.690. The summed E-state index contributed by atoms with van der Waals surface area (Å²) >= 11 is 0. The van der Waals surface area contributed by atoms with Gasteiger partial charge in [-0.25, -0.2) is 0 Å². The highest BCUT2D eigenvalue weighted by molar-refractivity contribution is 5.85. The molecule has 1 saturated heterocycles. The molecular weight excluding hydrogens is 378 g/mol. The summed E-state index contributed by atoms with van der Waals surface area (Å²) < 4.78 is 0. The van der Waals surface area contributed by atoms with E-state index in [0.29, 0.717) is 6.42 Å². The van der Waals surface area contributed by atoms with Crippen LogP contribution in [0.2, 0.25) is 0 Å². The van der Waals surface area contributed by atoms with Gasteiger partial charge in [0.15, 0.2) is 0 Å². The van der Waals surface area contributed by atoms with E-state index in [4.69, 9.17) is 5.11 Å². The van der Waals surface area contributed by atoms with Crippen LogP contribution in [-0.2, 0) is 11.8 Å². The Morgan fingerprint density at radius 3 is 2.11 bits per heavy atom. The van der Waals surface area contributed by atoms with Crippen LogP contribution in [0.25, 0.3) is 0 Å². The largest absolute Gasteiger partial charge is 0.395 e. The van der Waals surface area contributed by atoms with Crippen molar-refractivity contribution in [3.05, 3.63) is 35.4 Å². The molecule has 0 aliphatic carbocycles. The van der Waals surface area contributed by atoms with E-state index in [1.165, 1.54) is 11.1 Å². The van der Waals surface area contributed by atoms with Crippen LogP contribution >= 0.6 is 12.4 Å². The average molecular weight is 416 g/mol. The van der Waals surface area contributed by atoms with Gasteiger partial charge >= 0.3 is 0 Å². The lowest BCUT2D eigenvalue weighted by Gasteiger charge is -2.22. The van der Waals surface area contributed by atoms with Crippen molar-refractivity contribution in [1.29, 1.82) is 0 Å². The van der Waals surface area contributed by atoms with E-state index >= 15 is 0 Å². The first-order chi connectivity index (χ1) is 12.7. The van der Waals surface area contributed by atoms with Gasteiger partial charge in [0.25, 0.3) is 0 Å². The summed E-state index contributed by atoms with van der Waals surface area (Å²) in [7, 11) is 0. The van der Waals surface area contributed by atoms with Gasteiger partial charge in [-0.2, -0.15) is 0 Å². The molecule has 1 aliphatic rings. The first-order valence-electron chi connectivity index (χ1n) is 10.2. The first-order valence-corrected chi connectivity index (χ1v) is 10.2. The Morgan fingerprint density at radius 2 is 1.57 bits per heavy atom. The third kappa shape index (κ3) is 6.97. The van der Waals surface area contributed by atoms with Gasteiger partial charge in [0.1, 0.15) is 0 Å². The molecule has 162 valence electrons. The summed E-state index contributed by atoms with van der Waals surface area (Å²) in [5.41, 5.74) is 2.91. The number of hydrogen-bond donors (Lipinski definition) is 5. The van der Waals surface area contributed by atoms with Crippen molar-refractivity contribution in [2.75, 3.05) is 6.61 Å². The lowest BCUT2D eigenvalue weighted by molar-refractivity contribution is -0.00443. The van der Waals surface area contributed by atoms with Crippen molar-refractivity contribution in [1.82, 2.24) is 5.32 Å². The molecule has 5 N–H and O–H groups in total. The van der Waals surface area contributed by atoms with Crippen molar-refractivity contribution in [2.45, 2.75) is 95.1 Å². The highest BCUT2D eigenvalue weighted by Gasteiger charge is 2.43. The molecule has 28 heavy (non-hydrogen) atoms. The lowest BCUT2D eigenvalue weighted by atomic mass is 9.86. The zero-order valence-electron chi connectivity index (χ0n) is 17.3. The third-order valence-corrected chi connectivity index (χ3v) is 5.68. The number of hydrogen-bond acceptors (Lipinski definition) is 5. The third-order valence-electron chi connectivity index (χ3n) is 5.68. The predicted molar refractivity (Wildman–Crippen MR) is 115 cm³/mol. The van der Waals surface area contributed by atoms with Crippen LogP contribution in [-0.4, -0.2) is 57.4 Å². The maximum Gasteiger partial charge on any atom is 0.0993 e. The monoisotopic (exact) mass is 415 g/mol. The Bertz CT molecular complexity index is 561. The second kappa shape index (κ2) is 11.5. The van der Waals surface area contributed by atoms with Crippen LogP contribution in [0.4, 0.5) is 0 Å². The van der Waals surface area contributed by atoms with Gasteiger partial charge in [-0.15, -0.1) is 12.4 Å². The highest BCUT2D eigenvalue weighted by atomic mass is 35.5. The highest BCUT2D eigenvalue weighted by Crippen LogP contribution is 2.23. The molecule has 0 saturated carbocycles.